The van der Waals surface area contributed by atoms with E-state index in [1.807, 2.05) is 0 Å². The van der Waals surface area contributed by atoms with Crippen LogP contribution in [0.1, 0.15) is 39.2 Å². The molecule has 130 valence electrons. The van der Waals surface area contributed by atoms with Gasteiger partial charge in [-0.05, 0) is 57.4 Å². The first-order valence-corrected chi connectivity index (χ1v) is 7.88. The van der Waals surface area contributed by atoms with Crippen molar-refractivity contribution in [1.29, 1.82) is 0 Å². The Bertz CT molecular complexity index is 663. The topological polar surface area (TPSA) is 66.8 Å². The summed E-state index contributed by atoms with van der Waals surface area (Å²) in [5.74, 6) is -1.66. The van der Waals surface area contributed by atoms with Crippen molar-refractivity contribution in [2.24, 2.45) is 0 Å². The highest BCUT2D eigenvalue weighted by Crippen LogP contribution is 2.25. The lowest BCUT2D eigenvalue weighted by Gasteiger charge is -2.27. The van der Waals surface area contributed by atoms with Gasteiger partial charge in [-0.1, -0.05) is 12.1 Å². The fourth-order valence-corrected chi connectivity index (χ4v) is 2.65. The van der Waals surface area contributed by atoms with E-state index in [0.29, 0.717) is 13.0 Å². The minimum Gasteiger partial charge on any atom is -0.478 e. The van der Waals surface area contributed by atoms with Crippen LogP contribution in [0.25, 0.3) is 5.57 Å². The van der Waals surface area contributed by atoms with Crippen molar-refractivity contribution < 1.29 is 23.8 Å². The van der Waals surface area contributed by atoms with Crippen molar-refractivity contribution in [2.45, 2.75) is 45.3 Å². The van der Waals surface area contributed by atoms with Gasteiger partial charge in [0.25, 0.3) is 0 Å². The molecule has 0 saturated carbocycles. The molecule has 0 radical (unpaired) electrons. The van der Waals surface area contributed by atoms with E-state index in [-0.39, 0.29) is 17.2 Å². The van der Waals surface area contributed by atoms with Crippen LogP contribution in [-0.2, 0) is 9.53 Å². The van der Waals surface area contributed by atoms with Crippen LogP contribution in [-0.4, -0.2) is 40.3 Å². The summed E-state index contributed by atoms with van der Waals surface area (Å²) in [5, 5.41) is 9.46. The molecule has 24 heavy (non-hydrogen) atoms. The molecule has 6 heteroatoms. The zero-order valence-corrected chi connectivity index (χ0v) is 14.1. The molecule has 0 aromatic heterocycles. The SMILES string of the molecule is CC(C)(C)OC(=O)N1CCCC1/C=C(\C(=O)O)c1cccc(F)c1. The third kappa shape index (κ3) is 4.57. The summed E-state index contributed by atoms with van der Waals surface area (Å²) in [6.07, 6.45) is 2.45. The maximum absolute atomic E-state index is 13.4. The molecule has 1 amide bonds. The molecule has 1 heterocycles. The van der Waals surface area contributed by atoms with Gasteiger partial charge in [-0.15, -0.1) is 0 Å². The molecule has 1 atom stereocenters. The molecule has 0 spiro atoms. The fourth-order valence-electron chi connectivity index (χ4n) is 2.65. The van der Waals surface area contributed by atoms with E-state index in [0.717, 1.165) is 6.42 Å². The number of benzene rings is 1. The first kappa shape index (κ1) is 18.0. The van der Waals surface area contributed by atoms with E-state index in [1.165, 1.54) is 35.2 Å². The number of amides is 1. The maximum atomic E-state index is 13.4. The Morgan fingerprint density at radius 2 is 2.08 bits per heavy atom. The summed E-state index contributed by atoms with van der Waals surface area (Å²) < 4.78 is 18.8. The third-order valence-electron chi connectivity index (χ3n) is 3.65. The molecule has 0 bridgehead atoms. The van der Waals surface area contributed by atoms with Crippen LogP contribution >= 0.6 is 0 Å². The Kier molecular flexibility index (Phi) is 5.26. The minimum absolute atomic E-state index is 0.0186. The van der Waals surface area contributed by atoms with Gasteiger partial charge in [0, 0.05) is 6.54 Å². The van der Waals surface area contributed by atoms with Crippen molar-refractivity contribution in [3.8, 4) is 0 Å². The Morgan fingerprint density at radius 1 is 1.38 bits per heavy atom. The molecule has 1 unspecified atom stereocenters. The first-order valence-electron chi connectivity index (χ1n) is 7.88. The second-order valence-electron chi connectivity index (χ2n) is 6.78. The lowest BCUT2D eigenvalue weighted by Crippen LogP contribution is -2.39. The van der Waals surface area contributed by atoms with Crippen LogP contribution in [0.2, 0.25) is 0 Å². The summed E-state index contributed by atoms with van der Waals surface area (Å²) in [5.41, 5.74) is -0.361. The van der Waals surface area contributed by atoms with Crippen LogP contribution in [0.3, 0.4) is 0 Å². The second-order valence-corrected chi connectivity index (χ2v) is 6.78. The first-order chi connectivity index (χ1) is 11.2. The molecule has 1 N–H and O–H groups in total. The highest BCUT2D eigenvalue weighted by Gasteiger charge is 2.32. The Morgan fingerprint density at radius 3 is 2.67 bits per heavy atom. The number of carbonyl (C=O) groups excluding carboxylic acids is 1. The largest absolute Gasteiger partial charge is 0.478 e. The monoisotopic (exact) mass is 335 g/mol. The second kappa shape index (κ2) is 7.03. The number of hydrogen-bond donors (Lipinski definition) is 1. The van der Waals surface area contributed by atoms with Crippen molar-refractivity contribution >= 4 is 17.6 Å². The van der Waals surface area contributed by atoms with Crippen LogP contribution in [0.5, 0.6) is 0 Å². The lowest BCUT2D eigenvalue weighted by atomic mass is 10.0. The predicted molar refractivity (Wildman–Crippen MR) is 88.0 cm³/mol. The standard InChI is InChI=1S/C18H22FNO4/c1-18(2,3)24-17(23)20-9-5-8-14(20)11-15(16(21)22)12-6-4-7-13(19)10-12/h4,6-7,10-11,14H,5,8-9H2,1-3H3,(H,21,22)/b15-11-. The van der Waals surface area contributed by atoms with Crippen LogP contribution in [0, 0.1) is 5.82 Å². The number of carboxylic acids is 1. The number of ether oxygens (including phenoxy) is 1. The van der Waals surface area contributed by atoms with E-state index >= 15 is 0 Å². The third-order valence-corrected chi connectivity index (χ3v) is 3.65. The van der Waals surface area contributed by atoms with Gasteiger partial charge < -0.3 is 14.7 Å². The van der Waals surface area contributed by atoms with Gasteiger partial charge in [-0.25, -0.2) is 14.0 Å². The van der Waals surface area contributed by atoms with Gasteiger partial charge in [-0.3, -0.25) is 0 Å². The number of halogens is 1. The van der Waals surface area contributed by atoms with E-state index < -0.39 is 23.5 Å². The van der Waals surface area contributed by atoms with Gasteiger partial charge in [0.1, 0.15) is 11.4 Å². The molecule has 1 aliphatic heterocycles. The van der Waals surface area contributed by atoms with Crippen LogP contribution < -0.4 is 0 Å². The summed E-state index contributed by atoms with van der Waals surface area (Å²) >= 11 is 0. The average Bonchev–Trinajstić information content (AvgIpc) is 2.90. The smallest absolute Gasteiger partial charge is 0.410 e. The van der Waals surface area contributed by atoms with Gasteiger partial charge in [0.2, 0.25) is 0 Å². The Labute approximate surface area is 140 Å². The van der Waals surface area contributed by atoms with Crippen molar-refractivity contribution in [3.05, 3.63) is 41.7 Å². The summed E-state index contributed by atoms with van der Waals surface area (Å²) in [7, 11) is 0. The van der Waals surface area contributed by atoms with Gasteiger partial charge in [-0.2, -0.15) is 0 Å². The molecule has 0 aliphatic carbocycles. The minimum atomic E-state index is -1.16. The summed E-state index contributed by atoms with van der Waals surface area (Å²) in [4.78, 5) is 25.4. The van der Waals surface area contributed by atoms with Crippen molar-refractivity contribution in [3.63, 3.8) is 0 Å². The molecule has 1 aromatic carbocycles. The molecule has 1 saturated heterocycles. The van der Waals surface area contributed by atoms with E-state index in [1.54, 1.807) is 20.8 Å². The number of rotatable bonds is 3. The number of nitrogens with zero attached hydrogens (tertiary/aromatic N) is 1. The van der Waals surface area contributed by atoms with Gasteiger partial charge in [0.15, 0.2) is 0 Å². The zero-order chi connectivity index (χ0) is 17.9. The number of carboxylic acid groups (broad SMARTS) is 1. The fraction of sp³-hybridized carbons (Fsp3) is 0.444. The van der Waals surface area contributed by atoms with Crippen LogP contribution in [0.4, 0.5) is 9.18 Å². The summed E-state index contributed by atoms with van der Waals surface area (Å²) in [6.45, 7) is 5.84. The number of hydrogen-bond acceptors (Lipinski definition) is 3. The number of likely N-dealkylation sites (tertiary alicyclic amines) is 1. The Hall–Kier alpha value is -2.37. The van der Waals surface area contributed by atoms with Gasteiger partial charge >= 0.3 is 12.1 Å². The molecule has 1 aliphatic rings. The molecular formula is C18H22FNO4. The number of carbonyl (C=O) groups is 2. The average molecular weight is 335 g/mol. The summed E-state index contributed by atoms with van der Waals surface area (Å²) in [6, 6.07) is 5.05. The van der Waals surface area contributed by atoms with Gasteiger partial charge in [0.05, 0.1) is 11.6 Å². The maximum Gasteiger partial charge on any atom is 0.410 e. The predicted octanol–water partition coefficient (Wildman–Crippen LogP) is 3.69. The zero-order valence-electron chi connectivity index (χ0n) is 14.1. The molecule has 2 rings (SSSR count). The normalized spacial score (nSPS) is 18.6. The van der Waals surface area contributed by atoms with E-state index in [4.69, 9.17) is 4.74 Å². The highest BCUT2D eigenvalue weighted by molar-refractivity contribution is 6.15. The van der Waals surface area contributed by atoms with Crippen LogP contribution in [0.15, 0.2) is 30.3 Å². The van der Waals surface area contributed by atoms with E-state index in [9.17, 15) is 19.1 Å². The lowest BCUT2D eigenvalue weighted by molar-refractivity contribution is -0.130. The van der Waals surface area contributed by atoms with Crippen molar-refractivity contribution in [1.82, 2.24) is 4.90 Å². The number of aliphatic carboxylic acids is 1. The quantitative estimate of drug-likeness (QED) is 0.856. The molecular weight excluding hydrogens is 313 g/mol. The molecule has 1 fully saturated rings. The highest BCUT2D eigenvalue weighted by atomic mass is 19.1. The van der Waals surface area contributed by atoms with E-state index in [2.05, 4.69) is 0 Å². The van der Waals surface area contributed by atoms with Crippen molar-refractivity contribution in [2.75, 3.05) is 6.54 Å². The Balaban J connectivity index is 2.28. The molecule has 1 aromatic rings. The molecule has 5 nitrogen and oxygen atoms in total.